The summed E-state index contributed by atoms with van der Waals surface area (Å²) in [5.41, 5.74) is 2.31. The molecule has 0 saturated carbocycles. The van der Waals surface area contributed by atoms with Crippen LogP contribution in [0, 0.1) is 0 Å². The Labute approximate surface area is 144 Å². The summed E-state index contributed by atoms with van der Waals surface area (Å²) in [4.78, 5) is 35.9. The summed E-state index contributed by atoms with van der Waals surface area (Å²) in [6.07, 6.45) is 3.85. The Kier molecular flexibility index (Phi) is 3.97. The van der Waals surface area contributed by atoms with Crippen LogP contribution in [-0.4, -0.2) is 57.8 Å². The average Bonchev–Trinajstić information content (AvgIpc) is 3.27. The van der Waals surface area contributed by atoms with Gasteiger partial charge < -0.3 is 19.2 Å². The Morgan fingerprint density at radius 2 is 1.84 bits per heavy atom. The summed E-state index contributed by atoms with van der Waals surface area (Å²) in [6, 6.07) is 8.81. The second-order valence-electron chi connectivity index (χ2n) is 6.05. The van der Waals surface area contributed by atoms with Gasteiger partial charge in [-0.2, -0.15) is 0 Å². The lowest BCUT2D eigenvalue weighted by atomic mass is 10.1. The molecule has 128 valence electrons. The van der Waals surface area contributed by atoms with E-state index in [2.05, 4.69) is 9.97 Å². The van der Waals surface area contributed by atoms with Gasteiger partial charge in [0, 0.05) is 31.7 Å². The molecule has 4 rings (SSSR count). The van der Waals surface area contributed by atoms with Crippen molar-refractivity contribution in [3.05, 3.63) is 54.2 Å². The van der Waals surface area contributed by atoms with Gasteiger partial charge in [0.1, 0.15) is 0 Å². The lowest BCUT2D eigenvalue weighted by Crippen LogP contribution is -2.37. The van der Waals surface area contributed by atoms with E-state index in [1.165, 1.54) is 6.26 Å². The van der Waals surface area contributed by atoms with Gasteiger partial charge in [-0.15, -0.1) is 0 Å². The Hall–Kier alpha value is -3.09. The first-order chi connectivity index (χ1) is 12.2. The van der Waals surface area contributed by atoms with Crippen molar-refractivity contribution in [2.24, 2.45) is 0 Å². The van der Waals surface area contributed by atoms with Crippen molar-refractivity contribution < 1.29 is 14.0 Å². The first-order valence-corrected chi connectivity index (χ1v) is 8.27. The lowest BCUT2D eigenvalue weighted by molar-refractivity contribution is 0.0700. The predicted octanol–water partition coefficient (Wildman–Crippen LogP) is 2.14. The summed E-state index contributed by atoms with van der Waals surface area (Å²) >= 11 is 0. The Balaban J connectivity index is 1.46. The second kappa shape index (κ2) is 6.43. The zero-order chi connectivity index (χ0) is 17.2. The highest BCUT2D eigenvalue weighted by Crippen LogP contribution is 2.16. The summed E-state index contributed by atoms with van der Waals surface area (Å²) in [5.74, 6) is 0.187. The topological polar surface area (TPSA) is 82.4 Å². The number of nitrogens with zero attached hydrogens (tertiary/aromatic N) is 3. The van der Waals surface area contributed by atoms with Gasteiger partial charge >= 0.3 is 0 Å². The Morgan fingerprint density at radius 1 is 1.04 bits per heavy atom. The minimum absolute atomic E-state index is 0.0243. The fraction of sp³-hybridized carbons (Fsp3) is 0.278. The Bertz CT molecular complexity index is 900. The number of hydrogen-bond acceptors (Lipinski definition) is 4. The predicted molar refractivity (Wildman–Crippen MR) is 91.2 cm³/mol. The quantitative estimate of drug-likeness (QED) is 0.776. The molecule has 0 unspecified atom stereocenters. The molecule has 0 aliphatic carbocycles. The number of H-pyrrole nitrogens is 1. The number of aromatic nitrogens is 2. The largest absolute Gasteiger partial charge is 0.459 e. The molecule has 0 spiro atoms. The van der Waals surface area contributed by atoms with Gasteiger partial charge in [-0.1, -0.05) is 0 Å². The number of carbonyl (C=O) groups is 2. The van der Waals surface area contributed by atoms with E-state index < -0.39 is 0 Å². The second-order valence-corrected chi connectivity index (χ2v) is 6.05. The number of furan rings is 1. The van der Waals surface area contributed by atoms with Crippen LogP contribution in [0.5, 0.6) is 0 Å². The highest BCUT2D eigenvalue weighted by atomic mass is 16.3. The van der Waals surface area contributed by atoms with E-state index in [4.69, 9.17) is 4.42 Å². The molecule has 2 aromatic heterocycles. The molecule has 0 bridgehead atoms. The maximum Gasteiger partial charge on any atom is 0.289 e. The third-order valence-electron chi connectivity index (χ3n) is 4.47. The number of imidazole rings is 1. The summed E-state index contributed by atoms with van der Waals surface area (Å²) in [7, 11) is 0. The number of hydrogen-bond donors (Lipinski definition) is 1. The molecule has 7 nitrogen and oxygen atoms in total. The summed E-state index contributed by atoms with van der Waals surface area (Å²) < 4.78 is 5.19. The van der Waals surface area contributed by atoms with Crippen LogP contribution in [0.2, 0.25) is 0 Å². The molecule has 2 amide bonds. The van der Waals surface area contributed by atoms with E-state index in [9.17, 15) is 9.59 Å². The average molecular weight is 338 g/mol. The van der Waals surface area contributed by atoms with Gasteiger partial charge in [0.05, 0.1) is 23.6 Å². The fourth-order valence-corrected chi connectivity index (χ4v) is 3.13. The molecule has 1 aliphatic rings. The van der Waals surface area contributed by atoms with Crippen LogP contribution in [0.3, 0.4) is 0 Å². The fourth-order valence-electron chi connectivity index (χ4n) is 3.13. The highest BCUT2D eigenvalue weighted by Gasteiger charge is 2.24. The van der Waals surface area contributed by atoms with E-state index in [0.29, 0.717) is 37.5 Å². The van der Waals surface area contributed by atoms with Crippen molar-refractivity contribution >= 4 is 22.8 Å². The third-order valence-corrected chi connectivity index (χ3v) is 4.47. The molecule has 7 heteroatoms. The van der Waals surface area contributed by atoms with Crippen molar-refractivity contribution in [3.8, 4) is 0 Å². The van der Waals surface area contributed by atoms with Crippen LogP contribution in [0.25, 0.3) is 11.0 Å². The maximum atomic E-state index is 12.8. The number of rotatable bonds is 2. The van der Waals surface area contributed by atoms with Crippen LogP contribution in [0.4, 0.5) is 0 Å². The van der Waals surface area contributed by atoms with Crippen LogP contribution in [-0.2, 0) is 0 Å². The molecular formula is C18H18N4O3. The maximum absolute atomic E-state index is 12.8. The van der Waals surface area contributed by atoms with Gasteiger partial charge in [-0.25, -0.2) is 4.98 Å². The molecule has 1 aliphatic heterocycles. The minimum atomic E-state index is -0.127. The third kappa shape index (κ3) is 3.00. The van der Waals surface area contributed by atoms with Crippen molar-refractivity contribution in [3.63, 3.8) is 0 Å². The number of aromatic amines is 1. The molecule has 1 saturated heterocycles. The zero-order valence-electron chi connectivity index (χ0n) is 13.6. The van der Waals surface area contributed by atoms with Gasteiger partial charge in [0.15, 0.2) is 5.76 Å². The summed E-state index contributed by atoms with van der Waals surface area (Å²) in [6.45, 7) is 2.24. The first-order valence-electron chi connectivity index (χ1n) is 8.27. The van der Waals surface area contributed by atoms with Crippen LogP contribution >= 0.6 is 0 Å². The molecule has 1 N–H and O–H groups in total. The van der Waals surface area contributed by atoms with Crippen LogP contribution < -0.4 is 0 Å². The molecule has 1 aromatic carbocycles. The molecule has 0 atom stereocenters. The van der Waals surface area contributed by atoms with E-state index in [0.717, 1.165) is 17.5 Å². The molecule has 0 radical (unpaired) electrons. The molecular weight excluding hydrogens is 320 g/mol. The summed E-state index contributed by atoms with van der Waals surface area (Å²) in [5, 5.41) is 0. The van der Waals surface area contributed by atoms with E-state index in [-0.39, 0.29) is 11.8 Å². The van der Waals surface area contributed by atoms with E-state index in [1.54, 1.807) is 34.3 Å². The highest BCUT2D eigenvalue weighted by molar-refractivity contribution is 5.97. The first kappa shape index (κ1) is 15.4. The van der Waals surface area contributed by atoms with Gasteiger partial charge in [0.2, 0.25) is 0 Å². The van der Waals surface area contributed by atoms with Crippen molar-refractivity contribution in [2.45, 2.75) is 6.42 Å². The number of fused-ring (bicyclic) bond motifs is 1. The van der Waals surface area contributed by atoms with E-state index >= 15 is 0 Å². The van der Waals surface area contributed by atoms with Gasteiger partial charge in [0.25, 0.3) is 11.8 Å². The van der Waals surface area contributed by atoms with Crippen molar-refractivity contribution in [1.29, 1.82) is 0 Å². The monoisotopic (exact) mass is 338 g/mol. The van der Waals surface area contributed by atoms with E-state index in [1.807, 2.05) is 12.1 Å². The number of nitrogens with one attached hydrogen (secondary N) is 1. The molecule has 3 heterocycles. The standard InChI is InChI=1S/C18H18N4O3/c23-17(13-4-5-14-15(11-13)20-12-19-14)21-6-2-7-22(9-8-21)18(24)16-3-1-10-25-16/h1,3-5,10-12H,2,6-9H2,(H,19,20). The molecule has 25 heavy (non-hydrogen) atoms. The normalized spacial score (nSPS) is 15.4. The molecule has 1 fully saturated rings. The number of benzene rings is 1. The molecule has 3 aromatic rings. The lowest BCUT2D eigenvalue weighted by Gasteiger charge is -2.21. The van der Waals surface area contributed by atoms with Crippen molar-refractivity contribution in [1.82, 2.24) is 19.8 Å². The minimum Gasteiger partial charge on any atom is -0.459 e. The van der Waals surface area contributed by atoms with Gasteiger partial charge in [-0.05, 0) is 36.8 Å². The Morgan fingerprint density at radius 3 is 2.60 bits per heavy atom. The van der Waals surface area contributed by atoms with Crippen molar-refractivity contribution in [2.75, 3.05) is 26.2 Å². The smallest absolute Gasteiger partial charge is 0.289 e. The SMILES string of the molecule is O=C(c1ccc2nc[nH]c2c1)N1CCCN(C(=O)c2ccco2)CC1. The van der Waals surface area contributed by atoms with Crippen LogP contribution in [0.15, 0.2) is 47.3 Å². The number of amides is 2. The van der Waals surface area contributed by atoms with Crippen LogP contribution in [0.1, 0.15) is 27.3 Å². The number of carbonyl (C=O) groups excluding carboxylic acids is 2. The van der Waals surface area contributed by atoms with Gasteiger partial charge in [-0.3, -0.25) is 9.59 Å². The zero-order valence-corrected chi connectivity index (χ0v) is 13.6.